The molecule has 1 aromatic carbocycles. The van der Waals surface area contributed by atoms with Gasteiger partial charge in [0.1, 0.15) is 11.2 Å². The number of aliphatic carboxylic acids is 1. The molecule has 1 aliphatic heterocycles. The molecule has 6 heteroatoms. The van der Waals surface area contributed by atoms with E-state index in [1.54, 1.807) is 13.0 Å². The molecule has 1 fully saturated rings. The number of likely N-dealkylation sites (tertiary alicyclic amines) is 1. The number of carboxylic acid groups (broad SMARTS) is 1. The van der Waals surface area contributed by atoms with E-state index in [1.165, 1.54) is 24.1 Å². The lowest BCUT2D eigenvalue weighted by molar-refractivity contribution is -0.155. The minimum atomic E-state index is -1.09. The molecule has 0 aliphatic carbocycles. The van der Waals surface area contributed by atoms with Crippen molar-refractivity contribution >= 4 is 11.9 Å². The van der Waals surface area contributed by atoms with Crippen LogP contribution in [-0.4, -0.2) is 48.7 Å². The first-order chi connectivity index (χ1) is 10.4. The third-order valence-corrected chi connectivity index (χ3v) is 4.17. The number of rotatable bonds is 4. The van der Waals surface area contributed by atoms with Gasteiger partial charge in [-0.1, -0.05) is 6.07 Å². The smallest absolute Gasteiger partial charge is 0.313 e. The van der Waals surface area contributed by atoms with Crippen LogP contribution >= 0.6 is 0 Å². The third kappa shape index (κ3) is 3.11. The van der Waals surface area contributed by atoms with E-state index in [9.17, 15) is 19.1 Å². The van der Waals surface area contributed by atoms with Gasteiger partial charge in [0.2, 0.25) is 0 Å². The second-order valence-corrected chi connectivity index (χ2v) is 5.81. The molecule has 22 heavy (non-hydrogen) atoms. The predicted molar refractivity (Wildman–Crippen MR) is 78.2 cm³/mol. The number of amides is 1. The largest absolute Gasteiger partial charge is 0.481 e. The van der Waals surface area contributed by atoms with E-state index in [1.807, 2.05) is 0 Å². The maximum absolute atomic E-state index is 13.4. The number of nitrogens with zero attached hydrogens (tertiary/aromatic N) is 1. The number of ether oxygens (including phenoxy) is 1. The van der Waals surface area contributed by atoms with Crippen LogP contribution in [0.1, 0.15) is 28.8 Å². The molecule has 0 radical (unpaired) electrons. The molecule has 1 N–H and O–H groups in total. The van der Waals surface area contributed by atoms with E-state index in [-0.39, 0.29) is 24.6 Å². The SMILES string of the molecule is COCC1(C(=O)O)CCCN(C(=O)c2cc(F)ccc2C)C1. The van der Waals surface area contributed by atoms with E-state index in [0.717, 1.165) is 0 Å². The Morgan fingerprint density at radius 3 is 2.82 bits per heavy atom. The van der Waals surface area contributed by atoms with Gasteiger partial charge in [-0.2, -0.15) is 0 Å². The maximum atomic E-state index is 13.4. The quantitative estimate of drug-likeness (QED) is 0.925. The van der Waals surface area contributed by atoms with Gasteiger partial charge in [-0.05, 0) is 37.5 Å². The van der Waals surface area contributed by atoms with Gasteiger partial charge < -0.3 is 14.7 Å². The van der Waals surface area contributed by atoms with Crippen LogP contribution in [0.25, 0.3) is 0 Å². The second-order valence-electron chi connectivity index (χ2n) is 5.81. The number of piperidine rings is 1. The molecule has 1 atom stereocenters. The van der Waals surface area contributed by atoms with Crippen molar-refractivity contribution in [2.75, 3.05) is 26.8 Å². The molecule has 1 unspecified atom stereocenters. The summed E-state index contributed by atoms with van der Waals surface area (Å²) in [5.41, 5.74) is -0.146. The van der Waals surface area contributed by atoms with Crippen LogP contribution in [0.15, 0.2) is 18.2 Å². The first-order valence-corrected chi connectivity index (χ1v) is 7.17. The van der Waals surface area contributed by atoms with Gasteiger partial charge in [-0.25, -0.2) is 4.39 Å². The number of carbonyl (C=O) groups excluding carboxylic acids is 1. The topological polar surface area (TPSA) is 66.8 Å². The van der Waals surface area contributed by atoms with E-state index >= 15 is 0 Å². The molecule has 5 nitrogen and oxygen atoms in total. The first-order valence-electron chi connectivity index (χ1n) is 7.17. The van der Waals surface area contributed by atoms with Crippen molar-refractivity contribution in [2.45, 2.75) is 19.8 Å². The van der Waals surface area contributed by atoms with Crippen LogP contribution in [0.2, 0.25) is 0 Å². The third-order valence-electron chi connectivity index (χ3n) is 4.17. The normalized spacial score (nSPS) is 21.7. The molecule has 0 spiro atoms. The molecule has 1 saturated heterocycles. The maximum Gasteiger partial charge on any atom is 0.313 e. The number of hydrogen-bond donors (Lipinski definition) is 1. The van der Waals surface area contributed by atoms with Gasteiger partial charge in [0.05, 0.1) is 6.61 Å². The Labute approximate surface area is 128 Å². The van der Waals surface area contributed by atoms with Gasteiger partial charge in [-0.3, -0.25) is 9.59 Å². The Kier molecular flexibility index (Phi) is 4.81. The molecule has 0 bridgehead atoms. The molecule has 0 saturated carbocycles. The summed E-state index contributed by atoms with van der Waals surface area (Å²) in [5.74, 6) is -1.78. The molecule has 120 valence electrons. The molecule has 2 rings (SSSR count). The van der Waals surface area contributed by atoms with Gasteiger partial charge >= 0.3 is 5.97 Å². The zero-order chi connectivity index (χ0) is 16.3. The second kappa shape index (κ2) is 6.44. The lowest BCUT2D eigenvalue weighted by atomic mass is 9.80. The summed E-state index contributed by atoms with van der Waals surface area (Å²) >= 11 is 0. The molecule has 1 aromatic rings. The zero-order valence-electron chi connectivity index (χ0n) is 12.8. The Balaban J connectivity index is 2.26. The molecular formula is C16H20FNO4. The molecule has 1 amide bonds. The van der Waals surface area contributed by atoms with E-state index < -0.39 is 17.2 Å². The summed E-state index contributed by atoms with van der Waals surface area (Å²) < 4.78 is 18.4. The number of aryl methyl sites for hydroxylation is 1. The van der Waals surface area contributed by atoms with Crippen molar-refractivity contribution in [3.8, 4) is 0 Å². The molecular weight excluding hydrogens is 289 g/mol. The number of carbonyl (C=O) groups is 2. The van der Waals surface area contributed by atoms with Crippen LogP contribution in [0.3, 0.4) is 0 Å². The lowest BCUT2D eigenvalue weighted by Gasteiger charge is -2.39. The van der Waals surface area contributed by atoms with Crippen LogP contribution in [0, 0.1) is 18.2 Å². The number of benzene rings is 1. The fourth-order valence-electron chi connectivity index (χ4n) is 2.93. The fraction of sp³-hybridized carbons (Fsp3) is 0.500. The van der Waals surface area contributed by atoms with Crippen LogP contribution in [-0.2, 0) is 9.53 Å². The van der Waals surface area contributed by atoms with Crippen LogP contribution in [0.4, 0.5) is 4.39 Å². The highest BCUT2D eigenvalue weighted by atomic mass is 19.1. The summed E-state index contributed by atoms with van der Waals surface area (Å²) in [7, 11) is 1.45. The van der Waals surface area contributed by atoms with Crippen molar-refractivity contribution in [1.82, 2.24) is 4.90 Å². The monoisotopic (exact) mass is 309 g/mol. The van der Waals surface area contributed by atoms with Gasteiger partial charge in [0, 0.05) is 25.8 Å². The van der Waals surface area contributed by atoms with E-state index in [2.05, 4.69) is 0 Å². The summed E-state index contributed by atoms with van der Waals surface area (Å²) in [6, 6.07) is 4.05. The van der Waals surface area contributed by atoms with Crippen LogP contribution < -0.4 is 0 Å². The fourth-order valence-corrected chi connectivity index (χ4v) is 2.93. The highest BCUT2D eigenvalue weighted by molar-refractivity contribution is 5.96. The average Bonchev–Trinajstić information content (AvgIpc) is 2.49. The van der Waals surface area contributed by atoms with Crippen molar-refractivity contribution in [1.29, 1.82) is 0 Å². The Morgan fingerprint density at radius 1 is 1.45 bits per heavy atom. The Morgan fingerprint density at radius 2 is 2.18 bits per heavy atom. The number of hydrogen-bond acceptors (Lipinski definition) is 3. The number of halogens is 1. The summed E-state index contributed by atoms with van der Waals surface area (Å²) in [6.45, 7) is 2.32. The van der Waals surface area contributed by atoms with E-state index in [4.69, 9.17) is 4.74 Å². The highest BCUT2D eigenvalue weighted by Crippen LogP contribution is 2.32. The zero-order valence-corrected chi connectivity index (χ0v) is 12.8. The van der Waals surface area contributed by atoms with Gasteiger partial charge in [0.15, 0.2) is 0 Å². The van der Waals surface area contributed by atoms with Crippen molar-refractivity contribution in [2.24, 2.45) is 5.41 Å². The average molecular weight is 309 g/mol. The first kappa shape index (κ1) is 16.4. The minimum Gasteiger partial charge on any atom is -0.481 e. The summed E-state index contributed by atoms with van der Waals surface area (Å²) in [6.07, 6.45) is 1.04. The highest BCUT2D eigenvalue weighted by Gasteiger charge is 2.44. The van der Waals surface area contributed by atoms with E-state index in [0.29, 0.717) is 24.9 Å². The number of methoxy groups -OCH3 is 1. The summed E-state index contributed by atoms with van der Waals surface area (Å²) in [4.78, 5) is 25.7. The Hall–Kier alpha value is -1.95. The molecule has 1 heterocycles. The summed E-state index contributed by atoms with van der Waals surface area (Å²) in [5, 5.41) is 9.51. The Bertz CT molecular complexity index is 586. The standard InChI is InChI=1S/C16H20FNO4/c1-11-4-5-12(17)8-13(11)14(19)18-7-3-6-16(9-18,10-22-2)15(20)21/h4-5,8H,3,6-7,9-10H2,1-2H3,(H,20,21). The number of carboxylic acids is 1. The van der Waals surface area contributed by atoms with Crippen molar-refractivity contribution in [3.63, 3.8) is 0 Å². The van der Waals surface area contributed by atoms with Gasteiger partial charge in [0.25, 0.3) is 5.91 Å². The van der Waals surface area contributed by atoms with Crippen molar-refractivity contribution in [3.05, 3.63) is 35.1 Å². The minimum absolute atomic E-state index is 0.0498. The van der Waals surface area contributed by atoms with Crippen molar-refractivity contribution < 1.29 is 23.8 Å². The molecule has 0 aromatic heterocycles. The van der Waals surface area contributed by atoms with Crippen LogP contribution in [0.5, 0.6) is 0 Å². The molecule has 1 aliphatic rings. The van der Waals surface area contributed by atoms with Gasteiger partial charge in [-0.15, -0.1) is 0 Å². The lowest BCUT2D eigenvalue weighted by Crippen LogP contribution is -2.52. The predicted octanol–water partition coefficient (Wildman–Crippen LogP) is 2.09.